The van der Waals surface area contributed by atoms with Gasteiger partial charge in [-0.2, -0.15) is 0 Å². The minimum absolute atomic E-state index is 0.0186. The van der Waals surface area contributed by atoms with E-state index in [-0.39, 0.29) is 11.7 Å². The number of furan rings is 1. The van der Waals surface area contributed by atoms with Crippen molar-refractivity contribution in [1.29, 1.82) is 0 Å². The molecular weight excluding hydrogens is 432 g/mol. The smallest absolute Gasteiger partial charge is 0.233 e. The number of rotatable bonds is 8. The van der Waals surface area contributed by atoms with Crippen LogP contribution in [0.15, 0.2) is 82.6 Å². The Morgan fingerprint density at radius 3 is 2.58 bits per heavy atom. The van der Waals surface area contributed by atoms with Crippen molar-refractivity contribution >= 4 is 29.3 Å². The van der Waals surface area contributed by atoms with Gasteiger partial charge in [-0.05, 0) is 29.8 Å². The molecule has 0 radical (unpaired) electrons. The molecule has 0 saturated carbocycles. The fourth-order valence-corrected chi connectivity index (χ4v) is 4.21. The van der Waals surface area contributed by atoms with Crippen molar-refractivity contribution in [3.63, 3.8) is 0 Å². The Balaban J connectivity index is 1.55. The summed E-state index contributed by atoms with van der Waals surface area (Å²) in [5, 5.41) is 10.0. The number of hydrogen-bond acceptors (Lipinski definition) is 5. The highest BCUT2D eigenvalue weighted by Gasteiger charge is 2.19. The maximum Gasteiger partial charge on any atom is 0.233 e. The highest BCUT2D eigenvalue weighted by atomic mass is 35.5. The van der Waals surface area contributed by atoms with Crippen LogP contribution in [0, 0.1) is 0 Å². The summed E-state index contributed by atoms with van der Waals surface area (Å²) in [7, 11) is 1.76. The molecule has 1 amide bonds. The lowest BCUT2D eigenvalue weighted by Gasteiger charge is -2.16. The molecule has 8 heteroatoms. The van der Waals surface area contributed by atoms with Crippen LogP contribution in [-0.2, 0) is 17.9 Å². The third-order valence-corrected chi connectivity index (χ3v) is 6.02. The number of aromatic nitrogens is 3. The predicted octanol–water partition coefficient (Wildman–Crippen LogP) is 4.99. The van der Waals surface area contributed by atoms with Gasteiger partial charge in [0.05, 0.1) is 30.1 Å². The maximum absolute atomic E-state index is 12.6. The maximum atomic E-state index is 12.6. The normalized spacial score (nSPS) is 10.9. The van der Waals surface area contributed by atoms with E-state index in [9.17, 15) is 4.79 Å². The van der Waals surface area contributed by atoms with E-state index >= 15 is 0 Å². The molecule has 4 aromatic rings. The summed E-state index contributed by atoms with van der Waals surface area (Å²) in [4.78, 5) is 14.3. The van der Waals surface area contributed by atoms with Crippen LogP contribution in [0.4, 0.5) is 0 Å². The molecule has 0 atom stereocenters. The first-order chi connectivity index (χ1) is 15.1. The van der Waals surface area contributed by atoms with Crippen LogP contribution in [0.5, 0.6) is 0 Å². The van der Waals surface area contributed by atoms with Gasteiger partial charge in [-0.25, -0.2) is 0 Å². The van der Waals surface area contributed by atoms with Gasteiger partial charge in [0.2, 0.25) is 5.91 Å². The van der Waals surface area contributed by atoms with Gasteiger partial charge >= 0.3 is 0 Å². The van der Waals surface area contributed by atoms with Gasteiger partial charge < -0.3 is 9.32 Å². The summed E-state index contributed by atoms with van der Waals surface area (Å²) in [6.45, 7) is 1.00. The Morgan fingerprint density at radius 1 is 1.06 bits per heavy atom. The Hall–Kier alpha value is -3.03. The molecule has 0 unspecified atom stereocenters. The second kappa shape index (κ2) is 9.85. The van der Waals surface area contributed by atoms with Crippen LogP contribution in [-0.4, -0.2) is 38.4 Å². The molecular formula is C23H21ClN4O2S. The largest absolute Gasteiger partial charge is 0.467 e. The Bertz CT molecular complexity index is 1150. The van der Waals surface area contributed by atoms with Crippen molar-refractivity contribution in [1.82, 2.24) is 19.7 Å². The molecule has 0 aliphatic heterocycles. The van der Waals surface area contributed by atoms with Crippen LogP contribution in [0.3, 0.4) is 0 Å². The average molecular weight is 453 g/mol. The molecule has 0 fully saturated rings. The molecule has 0 saturated heterocycles. The quantitative estimate of drug-likeness (QED) is 0.352. The third-order valence-electron chi connectivity index (χ3n) is 4.74. The van der Waals surface area contributed by atoms with E-state index < -0.39 is 0 Å². The van der Waals surface area contributed by atoms with Gasteiger partial charge in [0, 0.05) is 12.6 Å². The van der Waals surface area contributed by atoms with Crippen LogP contribution in [0.1, 0.15) is 11.3 Å². The third kappa shape index (κ3) is 5.18. The first-order valence-corrected chi connectivity index (χ1v) is 11.1. The number of benzene rings is 2. The second-order valence-electron chi connectivity index (χ2n) is 6.98. The van der Waals surface area contributed by atoms with Gasteiger partial charge in [0.1, 0.15) is 5.76 Å². The van der Waals surface area contributed by atoms with E-state index in [1.54, 1.807) is 18.2 Å². The number of thioether (sulfide) groups is 1. The van der Waals surface area contributed by atoms with Gasteiger partial charge in [0.15, 0.2) is 11.0 Å². The van der Waals surface area contributed by atoms with Crippen molar-refractivity contribution in [3.8, 4) is 11.4 Å². The number of nitrogens with zero attached hydrogens (tertiary/aromatic N) is 4. The van der Waals surface area contributed by atoms with Crippen LogP contribution in [0.2, 0.25) is 5.02 Å². The minimum atomic E-state index is -0.0186. The second-order valence-corrected chi connectivity index (χ2v) is 8.33. The summed E-state index contributed by atoms with van der Waals surface area (Å²) in [5.41, 5.74) is 1.92. The zero-order valence-corrected chi connectivity index (χ0v) is 18.5. The summed E-state index contributed by atoms with van der Waals surface area (Å²) in [6.07, 6.45) is 1.60. The molecule has 2 heterocycles. The van der Waals surface area contributed by atoms with Gasteiger partial charge in [0.25, 0.3) is 0 Å². The van der Waals surface area contributed by atoms with Crippen LogP contribution < -0.4 is 0 Å². The molecule has 0 bridgehead atoms. The highest BCUT2D eigenvalue weighted by Crippen LogP contribution is 2.30. The lowest BCUT2D eigenvalue weighted by molar-refractivity contribution is -0.127. The first kappa shape index (κ1) is 21.2. The SMILES string of the molecule is CN(Cc1ccco1)C(=O)CSc1nnc(-c2ccccc2Cl)n1Cc1ccccc1. The van der Waals surface area contributed by atoms with E-state index in [1.165, 1.54) is 11.8 Å². The van der Waals surface area contributed by atoms with Gasteiger partial charge in [-0.15, -0.1) is 10.2 Å². The number of carbonyl (C=O) groups is 1. The lowest BCUT2D eigenvalue weighted by Crippen LogP contribution is -2.27. The topological polar surface area (TPSA) is 64.2 Å². The fraction of sp³-hybridized carbons (Fsp3) is 0.174. The highest BCUT2D eigenvalue weighted by molar-refractivity contribution is 7.99. The summed E-state index contributed by atoms with van der Waals surface area (Å²) >= 11 is 7.78. The monoisotopic (exact) mass is 452 g/mol. The number of hydrogen-bond donors (Lipinski definition) is 0. The fourth-order valence-electron chi connectivity index (χ4n) is 3.11. The van der Waals surface area contributed by atoms with E-state index in [1.807, 2.05) is 71.3 Å². The lowest BCUT2D eigenvalue weighted by atomic mass is 10.2. The van der Waals surface area contributed by atoms with E-state index in [4.69, 9.17) is 16.0 Å². The van der Waals surface area contributed by atoms with Gasteiger partial charge in [-0.3, -0.25) is 9.36 Å². The molecule has 2 aromatic heterocycles. The molecule has 0 spiro atoms. The first-order valence-electron chi connectivity index (χ1n) is 9.73. The Kier molecular flexibility index (Phi) is 6.74. The number of carbonyl (C=O) groups excluding carboxylic acids is 1. The molecule has 4 rings (SSSR count). The molecule has 0 aliphatic rings. The standard InChI is InChI=1S/C23H21ClN4O2S/c1-27(15-18-10-7-13-30-18)21(29)16-31-23-26-25-22(19-11-5-6-12-20(19)24)28(23)14-17-8-3-2-4-9-17/h2-13H,14-16H2,1H3. The number of halogens is 1. The minimum Gasteiger partial charge on any atom is -0.467 e. The Morgan fingerprint density at radius 2 is 1.84 bits per heavy atom. The predicted molar refractivity (Wildman–Crippen MR) is 122 cm³/mol. The van der Waals surface area contributed by atoms with Crippen molar-refractivity contribution in [2.45, 2.75) is 18.2 Å². The summed E-state index contributed by atoms with van der Waals surface area (Å²) in [6, 6.07) is 21.3. The van der Waals surface area contributed by atoms with Crippen LogP contribution in [0.25, 0.3) is 11.4 Å². The van der Waals surface area contributed by atoms with E-state index in [2.05, 4.69) is 10.2 Å². The van der Waals surface area contributed by atoms with Crippen LogP contribution >= 0.6 is 23.4 Å². The molecule has 0 N–H and O–H groups in total. The summed E-state index contributed by atoms with van der Waals surface area (Å²) in [5.74, 6) is 1.64. The van der Waals surface area contributed by atoms with Crippen molar-refractivity contribution in [3.05, 3.63) is 89.3 Å². The van der Waals surface area contributed by atoms with Crippen molar-refractivity contribution in [2.24, 2.45) is 0 Å². The average Bonchev–Trinajstić information content (AvgIpc) is 3.43. The molecule has 31 heavy (non-hydrogen) atoms. The van der Waals surface area contributed by atoms with Gasteiger partial charge in [-0.1, -0.05) is 65.8 Å². The Labute approximate surface area is 189 Å². The van der Waals surface area contributed by atoms with E-state index in [0.29, 0.717) is 29.1 Å². The van der Waals surface area contributed by atoms with Crippen molar-refractivity contribution in [2.75, 3.05) is 12.8 Å². The molecule has 2 aromatic carbocycles. The van der Waals surface area contributed by atoms with E-state index in [0.717, 1.165) is 16.9 Å². The molecule has 158 valence electrons. The molecule has 0 aliphatic carbocycles. The number of amides is 1. The van der Waals surface area contributed by atoms with Crippen molar-refractivity contribution < 1.29 is 9.21 Å². The summed E-state index contributed by atoms with van der Waals surface area (Å²) < 4.78 is 7.33. The zero-order chi connectivity index (χ0) is 21.6. The zero-order valence-electron chi connectivity index (χ0n) is 16.9. The molecule has 6 nitrogen and oxygen atoms in total.